The molecule has 0 aliphatic rings. The summed E-state index contributed by atoms with van der Waals surface area (Å²) in [7, 11) is 0. The Labute approximate surface area is 42.0 Å². The summed E-state index contributed by atoms with van der Waals surface area (Å²) < 4.78 is 19.1. The van der Waals surface area contributed by atoms with Gasteiger partial charge in [-0.3, -0.25) is 0 Å². The summed E-state index contributed by atoms with van der Waals surface area (Å²) in [5, 5.41) is 0. The third kappa shape index (κ3) is 3.31. The molecule has 0 amide bonds. The van der Waals surface area contributed by atoms with E-state index in [1.807, 2.05) is 0 Å². The third-order valence-electron chi connectivity index (χ3n) is 0.591. The zero-order chi connectivity index (χ0) is 5.70. The molecule has 0 saturated heterocycles. The van der Waals surface area contributed by atoms with Gasteiger partial charge >= 0.3 is 40.9 Å². The van der Waals surface area contributed by atoms with Crippen molar-refractivity contribution >= 4 is 0 Å². The zero-order valence-electron chi connectivity index (χ0n) is 4.10. The van der Waals surface area contributed by atoms with Crippen LogP contribution in [0.25, 0.3) is 0 Å². The molecule has 0 saturated carbocycles. The van der Waals surface area contributed by atoms with Crippen molar-refractivity contribution < 1.29 is 9.30 Å². The molecule has 0 spiro atoms. The van der Waals surface area contributed by atoms with Crippen LogP contribution in [-0.2, 0) is 9.30 Å². The van der Waals surface area contributed by atoms with Crippen LogP contribution in [0.1, 0.15) is 13.3 Å². The van der Waals surface area contributed by atoms with Crippen molar-refractivity contribution in [2.45, 2.75) is 13.3 Å². The fraction of sp³-hybridized carbons (Fsp3) is 0.600. The van der Waals surface area contributed by atoms with E-state index < -0.39 is 0 Å². The van der Waals surface area contributed by atoms with Gasteiger partial charge < -0.3 is 0 Å². The zero-order valence-corrected chi connectivity index (χ0v) is 4.10. The van der Waals surface area contributed by atoms with Crippen molar-refractivity contribution in [2.75, 3.05) is 0 Å². The maximum atomic E-state index is 9.59. The van der Waals surface area contributed by atoms with Crippen LogP contribution in [0.15, 0.2) is 0 Å². The van der Waals surface area contributed by atoms with Crippen LogP contribution in [0.2, 0.25) is 0 Å². The van der Waals surface area contributed by atoms with Gasteiger partial charge in [0.15, 0.2) is 0 Å². The summed E-state index contributed by atoms with van der Waals surface area (Å²) in [5.74, 6) is -0.280. The van der Waals surface area contributed by atoms with E-state index in [1.165, 1.54) is 0 Å². The second-order valence-corrected chi connectivity index (χ2v) is 1.37. The third-order valence-corrected chi connectivity index (χ3v) is 0.591. The predicted octanol–water partition coefficient (Wildman–Crippen LogP) is 0.792. The first kappa shape index (κ1) is 6.48. The van der Waals surface area contributed by atoms with E-state index in [1.54, 1.807) is 19.2 Å². The monoisotopic (exact) mass is 98.0 g/mol. The fourth-order valence-electron chi connectivity index (χ4n) is 0.167. The Morgan fingerprint density at radius 1 is 1.57 bits per heavy atom. The van der Waals surface area contributed by atoms with Gasteiger partial charge in [0, 0.05) is 0 Å². The molecule has 0 rings (SSSR count). The Morgan fingerprint density at radius 3 is 2.29 bits per heavy atom. The van der Waals surface area contributed by atoms with Gasteiger partial charge in [0.05, 0.1) is 0 Å². The van der Waals surface area contributed by atoms with Crippen LogP contribution in [-0.4, -0.2) is 0 Å². The molecule has 0 aromatic heterocycles. The van der Waals surface area contributed by atoms with Gasteiger partial charge in [0.2, 0.25) is 0 Å². The molecule has 0 aliphatic heterocycles. The van der Waals surface area contributed by atoms with E-state index in [4.69, 9.17) is 0 Å². The molecule has 1 atom stereocenters. The molecule has 0 aliphatic carbocycles. The van der Waals surface area contributed by atoms with Crippen molar-refractivity contribution in [2.24, 2.45) is 5.92 Å². The molecule has 0 bridgehead atoms. The van der Waals surface area contributed by atoms with E-state index in [9.17, 15) is 9.30 Å². The standard InChI is InChI=1S/C5H6O2/c1-5(4-7)2-3-6/h5H,2H2,1H3/q+2. The normalized spacial score (nSPS) is 11.3. The van der Waals surface area contributed by atoms with Crippen molar-refractivity contribution in [1.29, 1.82) is 0 Å². The Morgan fingerprint density at radius 2 is 2.14 bits per heavy atom. The Kier molecular flexibility index (Phi) is 3.39. The van der Waals surface area contributed by atoms with Crippen molar-refractivity contribution in [1.82, 2.24) is 0 Å². The molecule has 1 unspecified atom stereocenters. The first-order valence-corrected chi connectivity index (χ1v) is 2.04. The van der Waals surface area contributed by atoms with Crippen LogP contribution in [0.5, 0.6) is 0 Å². The van der Waals surface area contributed by atoms with Crippen LogP contribution in [0, 0.1) is 18.2 Å². The van der Waals surface area contributed by atoms with Gasteiger partial charge in [0.25, 0.3) is 0 Å². The minimum absolute atomic E-state index is 0.170. The van der Waals surface area contributed by atoms with Gasteiger partial charge in [-0.1, -0.05) is 0 Å². The minimum atomic E-state index is -0.280. The molecule has 0 aromatic rings. The summed E-state index contributed by atoms with van der Waals surface area (Å²) in [5.41, 5.74) is 0. The topological polar surface area (TPSA) is 39.8 Å². The van der Waals surface area contributed by atoms with Crippen molar-refractivity contribution in [3.8, 4) is 12.3 Å². The van der Waals surface area contributed by atoms with E-state index >= 15 is 0 Å². The number of hydrogen-bond acceptors (Lipinski definition) is 0. The molecule has 36 valence electrons. The molecule has 2 nitrogen and oxygen atoms in total. The van der Waals surface area contributed by atoms with E-state index in [0.29, 0.717) is 0 Å². The molecule has 2 heteroatoms. The van der Waals surface area contributed by atoms with Crippen LogP contribution < -0.4 is 0 Å². The second kappa shape index (κ2) is 3.66. The van der Waals surface area contributed by atoms with E-state index in [2.05, 4.69) is 0 Å². The first-order valence-electron chi connectivity index (χ1n) is 2.04. The molecular formula is C5H6O2+2. The Balaban J connectivity index is 3.27. The molecular weight excluding hydrogens is 92.1 g/mol. The second-order valence-electron chi connectivity index (χ2n) is 1.37. The quantitative estimate of drug-likeness (QED) is 0.435. The van der Waals surface area contributed by atoms with Gasteiger partial charge in [-0.05, 0) is 0 Å². The molecule has 0 radical (unpaired) electrons. The van der Waals surface area contributed by atoms with Crippen LogP contribution in [0.4, 0.5) is 0 Å². The number of hydrogen-bond donors (Lipinski definition) is 0. The predicted molar refractivity (Wildman–Crippen MR) is 22.9 cm³/mol. The Bertz CT molecular complexity index is 115. The molecule has 0 aromatic carbocycles. The molecule has 0 N–H and O–H groups in total. The summed E-state index contributed by atoms with van der Waals surface area (Å²) in [4.78, 5) is 0. The summed E-state index contributed by atoms with van der Waals surface area (Å²) in [6.45, 7) is 1.62. The average Bonchev–Trinajstić information content (AvgIpc) is 1.68. The van der Waals surface area contributed by atoms with Gasteiger partial charge in [-0.15, -0.1) is 0 Å². The van der Waals surface area contributed by atoms with Crippen LogP contribution >= 0.6 is 0 Å². The summed E-state index contributed by atoms with van der Waals surface area (Å²) in [6, 6.07) is 0. The number of rotatable bonds is 1. The molecule has 0 fully saturated rings. The van der Waals surface area contributed by atoms with E-state index in [-0.39, 0.29) is 12.3 Å². The van der Waals surface area contributed by atoms with Gasteiger partial charge in [-0.25, -0.2) is 0 Å². The van der Waals surface area contributed by atoms with Crippen molar-refractivity contribution in [3.05, 3.63) is 0 Å². The maximum absolute atomic E-state index is 9.59. The average molecular weight is 98.1 g/mol. The molecule has 7 heavy (non-hydrogen) atoms. The first-order chi connectivity index (χ1) is 3.31. The summed E-state index contributed by atoms with van der Waals surface area (Å²) >= 11 is 0. The SMILES string of the molecule is CC(C#[O+])CC#[O+]. The molecule has 0 heterocycles. The fourth-order valence-corrected chi connectivity index (χ4v) is 0.167. The Hall–Kier alpha value is -0.520. The van der Waals surface area contributed by atoms with Gasteiger partial charge in [-0.2, -0.15) is 0 Å². The van der Waals surface area contributed by atoms with E-state index in [0.717, 1.165) is 0 Å². The van der Waals surface area contributed by atoms with Gasteiger partial charge in [0.1, 0.15) is 0 Å². The van der Waals surface area contributed by atoms with Crippen LogP contribution in [0.3, 0.4) is 0 Å². The summed E-state index contributed by atoms with van der Waals surface area (Å²) in [6.07, 6.45) is 3.43. The van der Waals surface area contributed by atoms with Crippen molar-refractivity contribution in [3.63, 3.8) is 0 Å².